The molecule has 1 aliphatic heterocycles. The van der Waals surface area contributed by atoms with Crippen LogP contribution in [0.3, 0.4) is 0 Å². The highest BCUT2D eigenvalue weighted by atomic mass is 32.2. The number of rotatable bonds is 4. The number of hydrogen-bond donors (Lipinski definition) is 1. The molecule has 1 heterocycles. The molecule has 0 bridgehead atoms. The molecule has 1 saturated heterocycles. The van der Waals surface area contributed by atoms with Crippen LogP contribution in [0.4, 0.5) is 13.2 Å². The average molecular weight is 308 g/mol. The highest BCUT2D eigenvalue weighted by Crippen LogP contribution is 2.28. The van der Waals surface area contributed by atoms with Crippen molar-refractivity contribution in [1.82, 2.24) is 9.62 Å². The van der Waals surface area contributed by atoms with Crippen LogP contribution in [0.1, 0.15) is 6.42 Å². The predicted molar refractivity (Wildman–Crippen MR) is 67.1 cm³/mol. The van der Waals surface area contributed by atoms with Gasteiger partial charge in [-0.3, -0.25) is 0 Å². The van der Waals surface area contributed by atoms with Gasteiger partial charge in [-0.25, -0.2) is 21.6 Å². The second-order valence-electron chi connectivity index (χ2n) is 4.77. The van der Waals surface area contributed by atoms with Crippen molar-refractivity contribution >= 4 is 10.0 Å². The Morgan fingerprint density at radius 3 is 2.45 bits per heavy atom. The van der Waals surface area contributed by atoms with Gasteiger partial charge in [0, 0.05) is 25.2 Å². The summed E-state index contributed by atoms with van der Waals surface area (Å²) < 4.78 is 65.6. The van der Waals surface area contributed by atoms with Crippen LogP contribution in [0, 0.1) is 23.4 Å². The van der Waals surface area contributed by atoms with Gasteiger partial charge in [-0.2, -0.15) is 4.31 Å². The third-order valence-electron chi connectivity index (χ3n) is 3.30. The van der Waals surface area contributed by atoms with Crippen LogP contribution in [0.5, 0.6) is 0 Å². The minimum Gasteiger partial charge on any atom is -0.319 e. The summed E-state index contributed by atoms with van der Waals surface area (Å²) in [6.07, 6.45) is 0.616. The summed E-state index contributed by atoms with van der Waals surface area (Å²) in [4.78, 5) is -1.08. The molecule has 1 aromatic carbocycles. The summed E-state index contributed by atoms with van der Waals surface area (Å²) in [5, 5.41) is 2.93. The SMILES string of the molecule is CNC[C@@H]1CCN(S(=O)(=O)c2c(F)cc(F)cc2F)C1. The van der Waals surface area contributed by atoms with Gasteiger partial charge in [0.25, 0.3) is 0 Å². The van der Waals surface area contributed by atoms with E-state index in [0.717, 1.165) is 4.31 Å². The van der Waals surface area contributed by atoms with Crippen molar-refractivity contribution in [3.05, 3.63) is 29.6 Å². The summed E-state index contributed by atoms with van der Waals surface area (Å²) in [6, 6.07) is 0.744. The van der Waals surface area contributed by atoms with Gasteiger partial charge in [0.15, 0.2) is 4.90 Å². The van der Waals surface area contributed by atoms with Crippen LogP contribution < -0.4 is 5.32 Å². The fraction of sp³-hybridized carbons (Fsp3) is 0.500. The van der Waals surface area contributed by atoms with Crippen LogP contribution in [-0.2, 0) is 10.0 Å². The van der Waals surface area contributed by atoms with Crippen LogP contribution in [0.15, 0.2) is 17.0 Å². The zero-order chi connectivity index (χ0) is 14.9. The first-order valence-electron chi connectivity index (χ1n) is 6.15. The van der Waals surface area contributed by atoms with Gasteiger partial charge in [-0.1, -0.05) is 0 Å². The molecule has 0 saturated carbocycles. The highest BCUT2D eigenvalue weighted by molar-refractivity contribution is 7.89. The van der Waals surface area contributed by atoms with E-state index in [-0.39, 0.29) is 19.0 Å². The fourth-order valence-corrected chi connectivity index (χ4v) is 4.00. The summed E-state index contributed by atoms with van der Waals surface area (Å²) in [6.45, 7) is 1.02. The van der Waals surface area contributed by atoms with Gasteiger partial charge in [0.2, 0.25) is 10.0 Å². The number of nitrogens with zero attached hydrogens (tertiary/aromatic N) is 1. The topological polar surface area (TPSA) is 49.4 Å². The van der Waals surface area contributed by atoms with Gasteiger partial charge < -0.3 is 5.32 Å². The molecular weight excluding hydrogens is 293 g/mol. The van der Waals surface area contributed by atoms with Crippen LogP contribution in [-0.4, -0.2) is 39.4 Å². The molecule has 20 heavy (non-hydrogen) atoms. The van der Waals surface area contributed by atoms with Gasteiger partial charge in [-0.15, -0.1) is 0 Å². The Labute approximate surface area is 115 Å². The highest BCUT2D eigenvalue weighted by Gasteiger charge is 2.36. The Balaban J connectivity index is 2.33. The van der Waals surface area contributed by atoms with Crippen molar-refractivity contribution in [2.45, 2.75) is 11.3 Å². The van der Waals surface area contributed by atoms with E-state index in [2.05, 4.69) is 5.32 Å². The molecule has 0 aromatic heterocycles. The molecular formula is C12H15F3N2O2S. The molecule has 1 aromatic rings. The molecule has 2 rings (SSSR count). The maximum atomic E-state index is 13.6. The van der Waals surface area contributed by atoms with Crippen molar-refractivity contribution in [3.63, 3.8) is 0 Å². The Morgan fingerprint density at radius 1 is 1.30 bits per heavy atom. The molecule has 1 aliphatic rings. The quantitative estimate of drug-likeness (QED) is 0.913. The molecule has 0 spiro atoms. The monoisotopic (exact) mass is 308 g/mol. The van der Waals surface area contributed by atoms with Gasteiger partial charge >= 0.3 is 0 Å². The first-order chi connectivity index (χ1) is 9.36. The number of benzene rings is 1. The van der Waals surface area contributed by atoms with Crippen LogP contribution in [0.25, 0.3) is 0 Å². The molecule has 1 atom stereocenters. The standard InChI is InChI=1S/C12H15F3N2O2S/c1-16-6-8-2-3-17(7-8)20(18,19)12-10(14)4-9(13)5-11(12)15/h4-5,8,16H,2-3,6-7H2,1H3/t8-/m0/s1. The Morgan fingerprint density at radius 2 is 1.90 bits per heavy atom. The third kappa shape index (κ3) is 2.82. The van der Waals surface area contributed by atoms with E-state index < -0.39 is 32.4 Å². The fourth-order valence-electron chi connectivity index (χ4n) is 2.38. The Bertz CT molecular complexity index is 584. The molecule has 0 amide bonds. The summed E-state index contributed by atoms with van der Waals surface area (Å²) in [5.74, 6) is -3.85. The molecule has 4 nitrogen and oxygen atoms in total. The van der Waals surface area contributed by atoms with Crippen molar-refractivity contribution in [2.24, 2.45) is 5.92 Å². The lowest BCUT2D eigenvalue weighted by atomic mass is 10.1. The molecule has 0 radical (unpaired) electrons. The first kappa shape index (κ1) is 15.3. The molecule has 0 unspecified atom stereocenters. The number of nitrogens with one attached hydrogen (secondary N) is 1. The normalized spacial score (nSPS) is 20.5. The maximum Gasteiger partial charge on any atom is 0.248 e. The summed E-state index contributed by atoms with van der Waals surface area (Å²) >= 11 is 0. The van der Waals surface area contributed by atoms with E-state index in [1.807, 2.05) is 0 Å². The third-order valence-corrected chi connectivity index (χ3v) is 5.22. The Hall–Kier alpha value is -1.12. The molecule has 1 fully saturated rings. The van der Waals surface area contributed by atoms with E-state index >= 15 is 0 Å². The van der Waals surface area contributed by atoms with Crippen LogP contribution in [0.2, 0.25) is 0 Å². The van der Waals surface area contributed by atoms with Crippen molar-refractivity contribution in [3.8, 4) is 0 Å². The second-order valence-corrected chi connectivity index (χ2v) is 6.65. The van der Waals surface area contributed by atoms with E-state index in [1.54, 1.807) is 7.05 Å². The zero-order valence-corrected chi connectivity index (χ0v) is 11.7. The molecule has 1 N–H and O–H groups in total. The summed E-state index contributed by atoms with van der Waals surface area (Å²) in [5.41, 5.74) is 0. The van der Waals surface area contributed by atoms with Gasteiger partial charge in [0.05, 0.1) is 0 Å². The van der Waals surface area contributed by atoms with Crippen molar-refractivity contribution in [2.75, 3.05) is 26.7 Å². The Kier molecular flexibility index (Phi) is 4.36. The van der Waals surface area contributed by atoms with E-state index in [4.69, 9.17) is 0 Å². The second kappa shape index (κ2) is 5.71. The lowest BCUT2D eigenvalue weighted by Crippen LogP contribution is -2.31. The van der Waals surface area contributed by atoms with E-state index in [0.29, 0.717) is 25.1 Å². The molecule has 112 valence electrons. The van der Waals surface area contributed by atoms with Gasteiger partial charge in [-0.05, 0) is 25.9 Å². The van der Waals surface area contributed by atoms with Gasteiger partial charge in [0.1, 0.15) is 17.5 Å². The van der Waals surface area contributed by atoms with Crippen LogP contribution >= 0.6 is 0 Å². The molecule has 0 aliphatic carbocycles. The summed E-state index contributed by atoms with van der Waals surface area (Å²) in [7, 11) is -2.53. The smallest absolute Gasteiger partial charge is 0.248 e. The largest absolute Gasteiger partial charge is 0.319 e. The van der Waals surface area contributed by atoms with E-state index in [9.17, 15) is 21.6 Å². The van der Waals surface area contributed by atoms with E-state index in [1.165, 1.54) is 0 Å². The number of sulfonamides is 1. The minimum atomic E-state index is -4.28. The number of halogens is 3. The molecule has 8 heteroatoms. The van der Waals surface area contributed by atoms with Crippen molar-refractivity contribution < 1.29 is 21.6 Å². The average Bonchev–Trinajstić information content (AvgIpc) is 2.76. The lowest BCUT2D eigenvalue weighted by Gasteiger charge is -2.17. The first-order valence-corrected chi connectivity index (χ1v) is 7.59. The number of hydrogen-bond acceptors (Lipinski definition) is 3. The van der Waals surface area contributed by atoms with Crippen molar-refractivity contribution in [1.29, 1.82) is 0 Å². The minimum absolute atomic E-state index is 0.0985. The zero-order valence-electron chi connectivity index (χ0n) is 10.9. The maximum absolute atomic E-state index is 13.6. The predicted octanol–water partition coefficient (Wildman–Crippen LogP) is 1.33. The lowest BCUT2D eigenvalue weighted by molar-refractivity contribution is 0.435.